The van der Waals surface area contributed by atoms with E-state index in [4.69, 9.17) is 4.74 Å². The van der Waals surface area contributed by atoms with Crippen LogP contribution in [0.1, 0.15) is 24.0 Å². The Morgan fingerprint density at radius 3 is 2.35 bits per heavy atom. The molecular formula is C26H27N3OS. The first-order valence-electron chi connectivity index (χ1n) is 10.6. The van der Waals surface area contributed by atoms with E-state index in [1.807, 2.05) is 18.2 Å². The number of benzene rings is 3. The molecule has 0 radical (unpaired) electrons. The molecule has 3 aromatic carbocycles. The van der Waals surface area contributed by atoms with Crippen molar-refractivity contribution in [2.45, 2.75) is 31.3 Å². The first kappa shape index (κ1) is 21.2. The van der Waals surface area contributed by atoms with Gasteiger partial charge in [0, 0.05) is 11.3 Å². The molecule has 0 aliphatic heterocycles. The number of rotatable bonds is 9. The van der Waals surface area contributed by atoms with E-state index in [-0.39, 0.29) is 0 Å². The smallest absolute Gasteiger partial charge is 0.196 e. The van der Waals surface area contributed by atoms with Gasteiger partial charge in [0.05, 0.1) is 12.8 Å². The lowest BCUT2D eigenvalue weighted by molar-refractivity contribution is 0.412. The first-order valence-corrected chi connectivity index (χ1v) is 11.6. The third-order valence-electron chi connectivity index (χ3n) is 5.20. The SMILES string of the molecule is COc1ccccc1-n1c(SCCCCc2ccccc2)nnc1-c1ccc(C)cc1. The molecule has 31 heavy (non-hydrogen) atoms. The Hall–Kier alpha value is -3.05. The van der Waals surface area contributed by atoms with Gasteiger partial charge in [0.2, 0.25) is 0 Å². The molecule has 4 rings (SSSR count). The van der Waals surface area contributed by atoms with Crippen molar-refractivity contribution in [1.29, 1.82) is 0 Å². The number of methoxy groups -OCH3 is 1. The molecule has 0 atom stereocenters. The Labute approximate surface area is 188 Å². The number of hydrogen-bond donors (Lipinski definition) is 0. The summed E-state index contributed by atoms with van der Waals surface area (Å²) in [6, 6.07) is 27.1. The van der Waals surface area contributed by atoms with E-state index in [0.29, 0.717) is 0 Å². The Morgan fingerprint density at radius 1 is 0.839 bits per heavy atom. The van der Waals surface area contributed by atoms with Crippen molar-refractivity contribution < 1.29 is 4.74 Å². The molecule has 0 N–H and O–H groups in total. The molecular weight excluding hydrogens is 402 g/mol. The number of ether oxygens (including phenoxy) is 1. The summed E-state index contributed by atoms with van der Waals surface area (Å²) in [7, 11) is 1.70. The Bertz CT molecular complexity index is 1110. The minimum Gasteiger partial charge on any atom is -0.495 e. The third kappa shape index (κ3) is 5.17. The molecule has 0 unspecified atom stereocenters. The maximum Gasteiger partial charge on any atom is 0.196 e. The third-order valence-corrected chi connectivity index (χ3v) is 6.22. The summed E-state index contributed by atoms with van der Waals surface area (Å²) >= 11 is 1.75. The summed E-state index contributed by atoms with van der Waals surface area (Å²) in [5.41, 5.74) is 4.61. The monoisotopic (exact) mass is 429 g/mol. The molecule has 1 heterocycles. The average Bonchev–Trinajstić information content (AvgIpc) is 3.23. The summed E-state index contributed by atoms with van der Waals surface area (Å²) in [5, 5.41) is 9.98. The van der Waals surface area contributed by atoms with Gasteiger partial charge in [0.1, 0.15) is 5.75 Å². The summed E-state index contributed by atoms with van der Waals surface area (Å²) in [6.45, 7) is 2.09. The van der Waals surface area contributed by atoms with Crippen LogP contribution in [0.3, 0.4) is 0 Å². The van der Waals surface area contributed by atoms with Crippen molar-refractivity contribution in [1.82, 2.24) is 14.8 Å². The van der Waals surface area contributed by atoms with Gasteiger partial charge in [-0.25, -0.2) is 0 Å². The fourth-order valence-electron chi connectivity index (χ4n) is 3.52. The van der Waals surface area contributed by atoms with E-state index in [0.717, 1.165) is 53.0 Å². The normalized spacial score (nSPS) is 10.9. The van der Waals surface area contributed by atoms with E-state index in [1.54, 1.807) is 18.9 Å². The number of unbranched alkanes of at least 4 members (excludes halogenated alkanes) is 1. The fraction of sp³-hybridized carbons (Fsp3) is 0.231. The molecule has 158 valence electrons. The van der Waals surface area contributed by atoms with Gasteiger partial charge in [-0.05, 0) is 43.9 Å². The van der Waals surface area contributed by atoms with E-state index in [9.17, 15) is 0 Å². The molecule has 0 aliphatic rings. The lowest BCUT2D eigenvalue weighted by Crippen LogP contribution is -2.02. The zero-order valence-corrected chi connectivity index (χ0v) is 18.8. The minimum absolute atomic E-state index is 0.807. The molecule has 5 heteroatoms. The molecule has 0 amide bonds. The minimum atomic E-state index is 0.807. The van der Waals surface area contributed by atoms with E-state index in [1.165, 1.54) is 11.1 Å². The Balaban J connectivity index is 1.55. The number of thioether (sulfide) groups is 1. The summed E-state index contributed by atoms with van der Waals surface area (Å²) in [5.74, 6) is 2.63. The summed E-state index contributed by atoms with van der Waals surface area (Å²) < 4.78 is 7.76. The highest BCUT2D eigenvalue weighted by Crippen LogP contribution is 2.32. The average molecular weight is 430 g/mol. The highest BCUT2D eigenvalue weighted by atomic mass is 32.2. The first-order chi connectivity index (χ1) is 15.3. The summed E-state index contributed by atoms with van der Waals surface area (Å²) in [6.07, 6.45) is 3.39. The quantitative estimate of drug-likeness (QED) is 0.229. The molecule has 4 aromatic rings. The van der Waals surface area contributed by atoms with Crippen molar-refractivity contribution in [2.75, 3.05) is 12.9 Å². The topological polar surface area (TPSA) is 39.9 Å². The lowest BCUT2D eigenvalue weighted by Gasteiger charge is -2.14. The van der Waals surface area contributed by atoms with Gasteiger partial charge < -0.3 is 4.74 Å². The molecule has 0 saturated carbocycles. The van der Waals surface area contributed by atoms with Gasteiger partial charge in [-0.15, -0.1) is 10.2 Å². The van der Waals surface area contributed by atoms with Crippen LogP contribution in [-0.2, 0) is 6.42 Å². The second-order valence-electron chi connectivity index (χ2n) is 7.47. The number of aryl methyl sites for hydroxylation is 2. The van der Waals surface area contributed by atoms with E-state index in [2.05, 4.69) is 82.4 Å². The highest BCUT2D eigenvalue weighted by molar-refractivity contribution is 7.99. The van der Waals surface area contributed by atoms with Gasteiger partial charge in [0.25, 0.3) is 0 Å². The summed E-state index contributed by atoms with van der Waals surface area (Å²) in [4.78, 5) is 0. The molecule has 0 spiro atoms. The van der Waals surface area contributed by atoms with Crippen LogP contribution in [0.25, 0.3) is 17.1 Å². The largest absolute Gasteiger partial charge is 0.495 e. The van der Waals surface area contributed by atoms with Crippen molar-refractivity contribution in [2.24, 2.45) is 0 Å². The van der Waals surface area contributed by atoms with Gasteiger partial charge in [-0.2, -0.15) is 0 Å². The number of hydrogen-bond acceptors (Lipinski definition) is 4. The molecule has 4 nitrogen and oxygen atoms in total. The van der Waals surface area contributed by atoms with Crippen LogP contribution in [0.2, 0.25) is 0 Å². The molecule has 0 bridgehead atoms. The maximum atomic E-state index is 5.64. The van der Waals surface area contributed by atoms with Gasteiger partial charge in [-0.1, -0.05) is 84.1 Å². The van der Waals surface area contributed by atoms with E-state index >= 15 is 0 Å². The zero-order chi connectivity index (χ0) is 21.5. The van der Waals surface area contributed by atoms with Crippen molar-refractivity contribution in [3.63, 3.8) is 0 Å². The number of aromatic nitrogens is 3. The molecule has 0 saturated heterocycles. The van der Waals surface area contributed by atoms with E-state index < -0.39 is 0 Å². The predicted octanol–water partition coefficient (Wildman–Crippen LogP) is 6.37. The van der Waals surface area contributed by atoms with Crippen LogP contribution in [0, 0.1) is 6.92 Å². The van der Waals surface area contributed by atoms with Crippen LogP contribution in [0.5, 0.6) is 5.75 Å². The lowest BCUT2D eigenvalue weighted by atomic mass is 10.1. The Morgan fingerprint density at radius 2 is 1.58 bits per heavy atom. The second kappa shape index (κ2) is 10.3. The number of nitrogens with zero attached hydrogens (tertiary/aromatic N) is 3. The van der Waals surface area contributed by atoms with Gasteiger partial charge >= 0.3 is 0 Å². The van der Waals surface area contributed by atoms with Crippen molar-refractivity contribution >= 4 is 11.8 Å². The predicted molar refractivity (Wildman–Crippen MR) is 128 cm³/mol. The van der Waals surface area contributed by atoms with Crippen molar-refractivity contribution in [3.05, 3.63) is 90.0 Å². The molecule has 0 aliphatic carbocycles. The highest BCUT2D eigenvalue weighted by Gasteiger charge is 2.18. The second-order valence-corrected chi connectivity index (χ2v) is 8.53. The standard InChI is InChI=1S/C26H27N3OS/c1-20-15-17-22(18-16-20)25-27-28-26(29(25)23-13-6-7-14-24(23)30-2)31-19-9-8-12-21-10-4-3-5-11-21/h3-7,10-11,13-18H,8-9,12,19H2,1-2H3. The fourth-order valence-corrected chi connectivity index (χ4v) is 4.47. The zero-order valence-electron chi connectivity index (χ0n) is 18.0. The number of para-hydroxylation sites is 2. The van der Waals surface area contributed by atoms with Crippen LogP contribution in [0.15, 0.2) is 84.0 Å². The van der Waals surface area contributed by atoms with Gasteiger partial charge in [-0.3, -0.25) is 4.57 Å². The van der Waals surface area contributed by atoms with Crippen molar-refractivity contribution in [3.8, 4) is 22.8 Å². The molecule has 0 fully saturated rings. The Kier molecular flexibility index (Phi) is 7.05. The van der Waals surface area contributed by atoms with Crippen LogP contribution in [0.4, 0.5) is 0 Å². The molecule has 1 aromatic heterocycles. The van der Waals surface area contributed by atoms with Crippen LogP contribution < -0.4 is 4.74 Å². The van der Waals surface area contributed by atoms with Gasteiger partial charge in [0.15, 0.2) is 11.0 Å². The maximum absolute atomic E-state index is 5.64. The van der Waals surface area contributed by atoms with Crippen LogP contribution in [-0.4, -0.2) is 27.6 Å². The van der Waals surface area contributed by atoms with Crippen LogP contribution >= 0.6 is 11.8 Å².